The fourth-order valence-electron chi connectivity index (χ4n) is 5.79. The highest BCUT2D eigenvalue weighted by Crippen LogP contribution is 2.60. The molecule has 0 aromatic heterocycles. The Kier molecular flexibility index (Phi) is 5.08. The lowest BCUT2D eigenvalue weighted by Crippen LogP contribution is -2.49. The van der Waals surface area contributed by atoms with E-state index in [4.69, 9.17) is 14.2 Å². The summed E-state index contributed by atoms with van der Waals surface area (Å²) >= 11 is 4.00. The third-order valence-corrected chi connectivity index (χ3v) is 8.33. The van der Waals surface area contributed by atoms with Gasteiger partial charge in [0.2, 0.25) is 0 Å². The molecular weight excluding hydrogens is 416 g/mol. The molecule has 0 radical (unpaired) electrons. The molecule has 2 aliphatic carbocycles. The Bertz CT molecular complexity index is 798. The van der Waals surface area contributed by atoms with Gasteiger partial charge in [0.05, 0.1) is 6.10 Å². The number of alkyl halides is 1. The first-order chi connectivity index (χ1) is 13.7. The SMILES string of the molecule is CO[C@H]1O[C@@H](c2ccccc2)[C@H](c2ccccc2)O[C@@H]2[C@@H](Br)[C@@H]3C[C@@H]2[C@@H]1[C@@H]3C. The number of ether oxygens (including phenoxy) is 3. The van der Waals surface area contributed by atoms with Crippen LogP contribution in [0.25, 0.3) is 0 Å². The van der Waals surface area contributed by atoms with E-state index in [2.05, 4.69) is 71.4 Å². The number of halogens is 1. The molecular formula is C24H27BrO3. The van der Waals surface area contributed by atoms with Gasteiger partial charge in [-0.15, -0.1) is 0 Å². The molecule has 1 heterocycles. The minimum Gasteiger partial charge on any atom is -0.366 e. The third kappa shape index (κ3) is 2.97. The van der Waals surface area contributed by atoms with Crippen molar-refractivity contribution in [3.63, 3.8) is 0 Å². The van der Waals surface area contributed by atoms with Gasteiger partial charge in [-0.2, -0.15) is 0 Å². The van der Waals surface area contributed by atoms with Crippen LogP contribution in [0.2, 0.25) is 0 Å². The molecule has 28 heavy (non-hydrogen) atoms. The summed E-state index contributed by atoms with van der Waals surface area (Å²) in [7, 11) is 1.78. The molecule has 0 amide bonds. The molecule has 2 saturated carbocycles. The van der Waals surface area contributed by atoms with Crippen molar-refractivity contribution in [3.05, 3.63) is 71.8 Å². The molecule has 2 bridgehead atoms. The van der Waals surface area contributed by atoms with E-state index in [1.807, 2.05) is 12.1 Å². The number of hydrogen-bond donors (Lipinski definition) is 0. The van der Waals surface area contributed by atoms with Gasteiger partial charge in [-0.3, -0.25) is 0 Å². The standard InChI is InChI=1S/C24H27BrO3/c1-14-17-13-18-19(14)24(26-2)28-22(16-11-7-4-8-12-16)21(27-23(18)20(17)25)15-9-5-3-6-10-15/h3-12,14,17-24H,13H2,1-2H3/t14-,17-,18-,19+,20+,21+,22+,23+,24+/m1/s1. The summed E-state index contributed by atoms with van der Waals surface area (Å²) in [4.78, 5) is 0.391. The van der Waals surface area contributed by atoms with Crippen molar-refractivity contribution in [3.8, 4) is 0 Å². The molecule has 0 N–H and O–H groups in total. The highest BCUT2D eigenvalue weighted by atomic mass is 79.9. The molecule has 0 unspecified atom stereocenters. The smallest absolute Gasteiger partial charge is 0.161 e. The quantitative estimate of drug-likeness (QED) is 0.585. The zero-order chi connectivity index (χ0) is 19.3. The molecule has 3 aliphatic rings. The third-order valence-electron chi connectivity index (χ3n) is 7.13. The van der Waals surface area contributed by atoms with Gasteiger partial charge in [0, 0.05) is 17.9 Å². The molecule has 3 fully saturated rings. The lowest BCUT2D eigenvalue weighted by molar-refractivity contribution is -0.263. The maximum Gasteiger partial charge on any atom is 0.161 e. The van der Waals surface area contributed by atoms with Crippen molar-refractivity contribution in [1.29, 1.82) is 0 Å². The number of benzene rings is 2. The largest absolute Gasteiger partial charge is 0.366 e. The summed E-state index contributed by atoms with van der Waals surface area (Å²) < 4.78 is 19.6. The van der Waals surface area contributed by atoms with Crippen LogP contribution in [0.1, 0.15) is 36.7 Å². The molecule has 9 atom stereocenters. The average molecular weight is 443 g/mol. The predicted octanol–water partition coefficient (Wildman–Crippen LogP) is 5.52. The molecule has 2 aromatic rings. The highest BCUT2D eigenvalue weighted by molar-refractivity contribution is 9.09. The van der Waals surface area contributed by atoms with E-state index in [0.29, 0.717) is 28.5 Å². The molecule has 5 rings (SSSR count). The Morgan fingerprint density at radius 1 is 0.857 bits per heavy atom. The van der Waals surface area contributed by atoms with Crippen LogP contribution in [0.3, 0.4) is 0 Å². The van der Waals surface area contributed by atoms with E-state index in [-0.39, 0.29) is 24.6 Å². The summed E-state index contributed by atoms with van der Waals surface area (Å²) in [5, 5.41) is 0. The Balaban J connectivity index is 1.60. The fraction of sp³-hybridized carbons (Fsp3) is 0.500. The Morgan fingerprint density at radius 2 is 1.43 bits per heavy atom. The number of methoxy groups -OCH3 is 1. The van der Waals surface area contributed by atoms with Gasteiger partial charge in [0.1, 0.15) is 12.2 Å². The van der Waals surface area contributed by atoms with Crippen LogP contribution in [0.4, 0.5) is 0 Å². The van der Waals surface area contributed by atoms with E-state index < -0.39 is 0 Å². The van der Waals surface area contributed by atoms with Gasteiger partial charge in [0.15, 0.2) is 6.29 Å². The highest BCUT2D eigenvalue weighted by Gasteiger charge is 2.61. The fourth-order valence-corrected chi connectivity index (χ4v) is 7.01. The molecule has 1 saturated heterocycles. The van der Waals surface area contributed by atoms with Gasteiger partial charge in [-0.1, -0.05) is 83.5 Å². The molecule has 148 valence electrons. The Hall–Kier alpha value is -1.20. The van der Waals surface area contributed by atoms with Gasteiger partial charge in [-0.25, -0.2) is 0 Å². The van der Waals surface area contributed by atoms with Crippen molar-refractivity contribution in [1.82, 2.24) is 0 Å². The minimum absolute atomic E-state index is 0.165. The maximum absolute atomic E-state index is 6.90. The average Bonchev–Trinajstić information content (AvgIpc) is 3.22. The number of hydrogen-bond acceptors (Lipinski definition) is 3. The molecule has 2 aromatic carbocycles. The second-order valence-corrected chi connectivity index (χ2v) is 9.51. The zero-order valence-corrected chi connectivity index (χ0v) is 17.9. The number of fused-ring (bicyclic) bond motifs is 1. The van der Waals surface area contributed by atoms with Crippen LogP contribution >= 0.6 is 15.9 Å². The monoisotopic (exact) mass is 442 g/mol. The van der Waals surface area contributed by atoms with Crippen molar-refractivity contribution >= 4 is 15.9 Å². The van der Waals surface area contributed by atoms with Crippen molar-refractivity contribution in [2.75, 3.05) is 7.11 Å². The number of rotatable bonds is 3. The second-order valence-electron chi connectivity index (χ2n) is 8.45. The predicted molar refractivity (Wildman–Crippen MR) is 112 cm³/mol. The van der Waals surface area contributed by atoms with E-state index in [9.17, 15) is 0 Å². The second kappa shape index (κ2) is 7.56. The van der Waals surface area contributed by atoms with E-state index in [1.54, 1.807) is 7.11 Å². The van der Waals surface area contributed by atoms with Crippen LogP contribution in [0.5, 0.6) is 0 Å². The van der Waals surface area contributed by atoms with E-state index in [1.165, 1.54) is 6.42 Å². The van der Waals surface area contributed by atoms with Crippen molar-refractivity contribution in [2.45, 2.75) is 42.8 Å². The van der Waals surface area contributed by atoms with Crippen molar-refractivity contribution < 1.29 is 14.2 Å². The van der Waals surface area contributed by atoms with Crippen molar-refractivity contribution in [2.24, 2.45) is 23.7 Å². The first kappa shape index (κ1) is 18.8. The lowest BCUT2D eigenvalue weighted by Gasteiger charge is -2.46. The summed E-state index contributed by atoms with van der Waals surface area (Å²) in [6.07, 6.45) is 0.785. The van der Waals surface area contributed by atoms with Gasteiger partial charge in [-0.05, 0) is 35.3 Å². The topological polar surface area (TPSA) is 27.7 Å². The van der Waals surface area contributed by atoms with Crippen LogP contribution in [0, 0.1) is 23.7 Å². The van der Waals surface area contributed by atoms with E-state index >= 15 is 0 Å². The lowest BCUT2D eigenvalue weighted by atomic mass is 9.77. The summed E-state index contributed by atoms with van der Waals surface area (Å²) in [5.74, 6) is 2.02. The summed E-state index contributed by atoms with van der Waals surface area (Å²) in [6, 6.07) is 20.9. The molecule has 3 nitrogen and oxygen atoms in total. The molecule has 0 spiro atoms. The zero-order valence-electron chi connectivity index (χ0n) is 16.3. The van der Waals surface area contributed by atoms with Crippen LogP contribution in [0.15, 0.2) is 60.7 Å². The summed E-state index contributed by atoms with van der Waals surface area (Å²) in [5.41, 5.74) is 2.28. The first-order valence-electron chi connectivity index (χ1n) is 10.3. The molecule has 1 aliphatic heterocycles. The van der Waals surface area contributed by atoms with Crippen LogP contribution < -0.4 is 0 Å². The van der Waals surface area contributed by atoms with E-state index in [0.717, 1.165) is 11.1 Å². The molecule has 4 heteroatoms. The maximum atomic E-state index is 6.90. The van der Waals surface area contributed by atoms with Crippen LogP contribution in [-0.4, -0.2) is 24.3 Å². The van der Waals surface area contributed by atoms with Gasteiger partial charge in [0.25, 0.3) is 0 Å². The normalized spacial score (nSPS) is 42.2. The minimum atomic E-state index is -0.215. The van der Waals surface area contributed by atoms with Gasteiger partial charge >= 0.3 is 0 Å². The Morgan fingerprint density at radius 3 is 1.96 bits per heavy atom. The van der Waals surface area contributed by atoms with Gasteiger partial charge < -0.3 is 14.2 Å². The first-order valence-corrected chi connectivity index (χ1v) is 11.2. The Labute approximate surface area is 175 Å². The summed E-state index contributed by atoms with van der Waals surface area (Å²) in [6.45, 7) is 2.35. The van der Waals surface area contributed by atoms with Crippen LogP contribution in [-0.2, 0) is 14.2 Å².